The van der Waals surface area contributed by atoms with Crippen molar-refractivity contribution in [3.63, 3.8) is 0 Å². The van der Waals surface area contributed by atoms with E-state index in [2.05, 4.69) is 16.3 Å². The van der Waals surface area contributed by atoms with Crippen LogP contribution in [-0.2, 0) is 4.79 Å². The second-order valence-electron chi connectivity index (χ2n) is 6.83. The van der Waals surface area contributed by atoms with Gasteiger partial charge in [0.15, 0.2) is 0 Å². The summed E-state index contributed by atoms with van der Waals surface area (Å²) < 4.78 is 0. The molecular weight excluding hydrogens is 332 g/mol. The molecule has 2 N–H and O–H groups in total. The van der Waals surface area contributed by atoms with E-state index in [1.807, 2.05) is 32.0 Å². The predicted molar refractivity (Wildman–Crippen MR) is 98.9 cm³/mol. The molecule has 0 aromatic heterocycles. The van der Waals surface area contributed by atoms with E-state index in [1.165, 1.54) is 0 Å². The van der Waals surface area contributed by atoms with Crippen molar-refractivity contribution in [1.82, 2.24) is 10.2 Å². The van der Waals surface area contributed by atoms with E-state index in [0.29, 0.717) is 25.2 Å². The third-order valence-electron chi connectivity index (χ3n) is 4.74. The number of rotatable bonds is 5. The first-order chi connectivity index (χ1) is 12.4. The number of urea groups is 1. The SMILES string of the molecule is CC(C)C(CNC(=O)N1CCCN(c2ccccc2C#N)CC1)C(=O)O. The maximum atomic E-state index is 12.4. The fraction of sp³-hybridized carbons (Fsp3) is 0.526. The maximum Gasteiger partial charge on any atom is 0.317 e. The van der Waals surface area contributed by atoms with E-state index < -0.39 is 11.9 Å². The van der Waals surface area contributed by atoms with Crippen LogP contribution in [0.15, 0.2) is 24.3 Å². The van der Waals surface area contributed by atoms with Crippen LogP contribution in [0.1, 0.15) is 25.8 Å². The normalized spacial score (nSPS) is 15.9. The minimum Gasteiger partial charge on any atom is -0.481 e. The highest BCUT2D eigenvalue weighted by Crippen LogP contribution is 2.21. The van der Waals surface area contributed by atoms with Crippen molar-refractivity contribution in [2.45, 2.75) is 20.3 Å². The van der Waals surface area contributed by atoms with Crippen molar-refractivity contribution in [3.8, 4) is 6.07 Å². The number of carbonyl (C=O) groups excluding carboxylic acids is 1. The van der Waals surface area contributed by atoms with Gasteiger partial charge < -0.3 is 20.2 Å². The molecule has 140 valence electrons. The monoisotopic (exact) mass is 358 g/mol. The lowest BCUT2D eigenvalue weighted by atomic mass is 9.96. The summed E-state index contributed by atoms with van der Waals surface area (Å²) in [4.78, 5) is 27.5. The molecule has 0 aliphatic carbocycles. The van der Waals surface area contributed by atoms with Gasteiger partial charge in [0.1, 0.15) is 6.07 Å². The summed E-state index contributed by atoms with van der Waals surface area (Å²) in [6.07, 6.45) is 0.791. The van der Waals surface area contributed by atoms with Crippen LogP contribution in [0, 0.1) is 23.2 Å². The van der Waals surface area contributed by atoms with Crippen molar-refractivity contribution in [3.05, 3.63) is 29.8 Å². The van der Waals surface area contributed by atoms with Gasteiger partial charge >= 0.3 is 12.0 Å². The molecule has 2 amide bonds. The first kappa shape index (κ1) is 19.6. The number of amides is 2. The Balaban J connectivity index is 1.94. The van der Waals surface area contributed by atoms with Crippen molar-refractivity contribution in [2.24, 2.45) is 11.8 Å². The van der Waals surface area contributed by atoms with Crippen molar-refractivity contribution in [1.29, 1.82) is 5.26 Å². The molecule has 1 saturated heterocycles. The molecular formula is C19H26N4O3. The van der Waals surface area contributed by atoms with Crippen LogP contribution in [0.3, 0.4) is 0 Å². The molecule has 7 nitrogen and oxygen atoms in total. The van der Waals surface area contributed by atoms with Gasteiger partial charge in [0, 0.05) is 32.7 Å². The van der Waals surface area contributed by atoms with Crippen LogP contribution >= 0.6 is 0 Å². The molecule has 1 fully saturated rings. The zero-order valence-electron chi connectivity index (χ0n) is 15.3. The maximum absolute atomic E-state index is 12.4. The number of hydrogen-bond donors (Lipinski definition) is 2. The molecule has 1 heterocycles. The molecule has 1 atom stereocenters. The summed E-state index contributed by atoms with van der Waals surface area (Å²) in [7, 11) is 0. The lowest BCUT2D eigenvalue weighted by Gasteiger charge is -2.25. The van der Waals surface area contributed by atoms with Crippen LogP contribution in [0.25, 0.3) is 0 Å². The fourth-order valence-corrected chi connectivity index (χ4v) is 3.12. The molecule has 1 aliphatic rings. The van der Waals surface area contributed by atoms with Gasteiger partial charge in [-0.3, -0.25) is 4.79 Å². The van der Waals surface area contributed by atoms with Crippen molar-refractivity contribution in [2.75, 3.05) is 37.6 Å². The fourth-order valence-electron chi connectivity index (χ4n) is 3.12. The van der Waals surface area contributed by atoms with Crippen LogP contribution in [0.4, 0.5) is 10.5 Å². The van der Waals surface area contributed by atoms with Gasteiger partial charge in [0.2, 0.25) is 0 Å². The smallest absolute Gasteiger partial charge is 0.317 e. The van der Waals surface area contributed by atoms with E-state index in [1.54, 1.807) is 11.0 Å². The Morgan fingerprint density at radius 3 is 2.62 bits per heavy atom. The Bertz CT molecular complexity index is 684. The molecule has 1 aromatic carbocycles. The molecule has 1 unspecified atom stereocenters. The predicted octanol–water partition coefficient (Wildman–Crippen LogP) is 2.14. The summed E-state index contributed by atoms with van der Waals surface area (Å²) in [5.41, 5.74) is 1.52. The molecule has 0 saturated carbocycles. The zero-order chi connectivity index (χ0) is 19.1. The summed E-state index contributed by atoms with van der Waals surface area (Å²) in [5, 5.41) is 21.3. The first-order valence-corrected chi connectivity index (χ1v) is 8.93. The van der Waals surface area contributed by atoms with Crippen LogP contribution in [-0.4, -0.2) is 54.7 Å². The quantitative estimate of drug-likeness (QED) is 0.840. The number of nitrogens with zero attached hydrogens (tertiary/aromatic N) is 3. The Labute approximate surface area is 154 Å². The number of aliphatic carboxylic acids is 1. The molecule has 26 heavy (non-hydrogen) atoms. The molecule has 0 spiro atoms. The second-order valence-corrected chi connectivity index (χ2v) is 6.83. The number of carboxylic acid groups (broad SMARTS) is 1. The minimum absolute atomic E-state index is 0.0464. The van der Waals surface area contributed by atoms with Gasteiger partial charge in [0.25, 0.3) is 0 Å². The Hall–Kier alpha value is -2.75. The van der Waals surface area contributed by atoms with Gasteiger partial charge in [-0.05, 0) is 24.5 Å². The van der Waals surface area contributed by atoms with E-state index in [0.717, 1.165) is 18.7 Å². The molecule has 0 bridgehead atoms. The summed E-state index contributed by atoms with van der Waals surface area (Å²) in [6, 6.07) is 9.45. The topological polar surface area (TPSA) is 96.7 Å². The number of benzene rings is 1. The van der Waals surface area contributed by atoms with Gasteiger partial charge in [-0.1, -0.05) is 26.0 Å². The number of carbonyl (C=O) groups is 2. The summed E-state index contributed by atoms with van der Waals surface area (Å²) in [6.45, 7) is 6.35. The average molecular weight is 358 g/mol. The lowest BCUT2D eigenvalue weighted by Crippen LogP contribution is -2.45. The minimum atomic E-state index is -0.893. The number of hydrogen-bond acceptors (Lipinski definition) is 4. The van der Waals surface area contributed by atoms with Crippen LogP contribution in [0.2, 0.25) is 0 Å². The molecule has 0 radical (unpaired) electrons. The standard InChI is InChI=1S/C19H26N4O3/c1-14(2)16(18(24)25)13-21-19(26)23-9-5-8-22(10-11-23)17-7-4-3-6-15(17)12-20/h3-4,6-7,14,16H,5,8-11,13H2,1-2H3,(H,21,26)(H,24,25). The van der Waals surface area contributed by atoms with Crippen molar-refractivity contribution >= 4 is 17.7 Å². The molecule has 7 heteroatoms. The van der Waals surface area contributed by atoms with Gasteiger partial charge in [-0.25, -0.2) is 4.79 Å². The third-order valence-corrected chi connectivity index (χ3v) is 4.74. The number of carboxylic acids is 1. The molecule has 1 aliphatic heterocycles. The Kier molecular flexibility index (Phi) is 6.84. The van der Waals surface area contributed by atoms with E-state index in [-0.39, 0.29) is 18.5 Å². The zero-order valence-corrected chi connectivity index (χ0v) is 15.3. The lowest BCUT2D eigenvalue weighted by molar-refractivity contribution is -0.142. The summed E-state index contributed by atoms with van der Waals surface area (Å²) in [5.74, 6) is -1.53. The Morgan fingerprint density at radius 1 is 1.23 bits per heavy atom. The number of nitrogens with one attached hydrogen (secondary N) is 1. The van der Waals surface area contributed by atoms with E-state index in [4.69, 9.17) is 0 Å². The van der Waals surface area contributed by atoms with E-state index >= 15 is 0 Å². The van der Waals surface area contributed by atoms with E-state index in [9.17, 15) is 20.0 Å². The van der Waals surface area contributed by atoms with Gasteiger partial charge in [-0.2, -0.15) is 5.26 Å². The van der Waals surface area contributed by atoms with Crippen LogP contribution in [0.5, 0.6) is 0 Å². The van der Waals surface area contributed by atoms with Gasteiger partial charge in [-0.15, -0.1) is 0 Å². The van der Waals surface area contributed by atoms with Crippen LogP contribution < -0.4 is 10.2 Å². The van der Waals surface area contributed by atoms with Crippen molar-refractivity contribution < 1.29 is 14.7 Å². The largest absolute Gasteiger partial charge is 0.481 e. The number of para-hydroxylation sites is 1. The second kappa shape index (κ2) is 9.09. The molecule has 2 rings (SSSR count). The average Bonchev–Trinajstić information content (AvgIpc) is 2.87. The molecule has 1 aromatic rings. The highest BCUT2D eigenvalue weighted by molar-refractivity contribution is 5.76. The number of anilines is 1. The summed E-state index contributed by atoms with van der Waals surface area (Å²) >= 11 is 0. The highest BCUT2D eigenvalue weighted by Gasteiger charge is 2.25. The first-order valence-electron chi connectivity index (χ1n) is 8.93. The third kappa shape index (κ3) is 4.88. The van der Waals surface area contributed by atoms with Gasteiger partial charge in [0.05, 0.1) is 17.2 Å². The highest BCUT2D eigenvalue weighted by atomic mass is 16.4. The number of nitriles is 1. The Morgan fingerprint density at radius 2 is 1.96 bits per heavy atom.